The van der Waals surface area contributed by atoms with Gasteiger partial charge in [-0.05, 0) is 37.5 Å². The zero-order valence-corrected chi connectivity index (χ0v) is 14.4. The Morgan fingerprint density at radius 1 is 1.20 bits per heavy atom. The predicted octanol–water partition coefficient (Wildman–Crippen LogP) is 1.02. The Bertz CT molecular complexity index is 835. The summed E-state index contributed by atoms with van der Waals surface area (Å²) in [6, 6.07) is 6.58. The molecule has 2 aliphatic rings. The van der Waals surface area contributed by atoms with Gasteiger partial charge in [0.05, 0.1) is 17.1 Å². The van der Waals surface area contributed by atoms with E-state index in [1.165, 1.54) is 0 Å². The van der Waals surface area contributed by atoms with E-state index in [9.17, 15) is 9.59 Å². The van der Waals surface area contributed by atoms with Crippen molar-refractivity contribution in [2.45, 2.75) is 37.6 Å². The van der Waals surface area contributed by atoms with Crippen LogP contribution < -0.4 is 16.0 Å². The monoisotopic (exact) mass is 341 g/mol. The van der Waals surface area contributed by atoms with Crippen LogP contribution in [0.2, 0.25) is 0 Å². The van der Waals surface area contributed by atoms with Crippen LogP contribution in [0, 0.1) is 0 Å². The van der Waals surface area contributed by atoms with E-state index in [2.05, 4.69) is 27.4 Å². The molecule has 132 valence electrons. The molecule has 0 bridgehead atoms. The van der Waals surface area contributed by atoms with E-state index >= 15 is 0 Å². The van der Waals surface area contributed by atoms with Crippen molar-refractivity contribution in [3.05, 3.63) is 23.9 Å². The second-order valence-corrected chi connectivity index (χ2v) is 7.04. The SMILES string of the molecule is Cn1nc(C2CCC(=O)NC2=O)c2ccc(N3CCC(N)CC3)cc21. The second-order valence-electron chi connectivity index (χ2n) is 7.04. The molecule has 1 unspecified atom stereocenters. The molecule has 0 radical (unpaired) electrons. The molecule has 2 aromatic rings. The standard InChI is InChI=1S/C18H23N5O2/c1-22-15-10-12(23-8-6-11(19)7-9-23)2-3-13(15)17(21-22)14-4-5-16(24)20-18(14)25/h2-3,10-11,14H,4-9,19H2,1H3,(H,20,24,25). The Morgan fingerprint density at radius 3 is 2.68 bits per heavy atom. The highest BCUT2D eigenvalue weighted by Crippen LogP contribution is 2.32. The lowest BCUT2D eigenvalue weighted by Gasteiger charge is -2.32. The van der Waals surface area contributed by atoms with Gasteiger partial charge in [-0.25, -0.2) is 0 Å². The van der Waals surface area contributed by atoms with E-state index in [0.29, 0.717) is 18.9 Å². The number of hydrogen-bond acceptors (Lipinski definition) is 5. The van der Waals surface area contributed by atoms with Gasteiger partial charge in [-0.1, -0.05) is 0 Å². The normalized spacial score (nSPS) is 22.5. The summed E-state index contributed by atoms with van der Waals surface area (Å²) in [6.45, 7) is 1.93. The third kappa shape index (κ3) is 2.89. The van der Waals surface area contributed by atoms with Crippen molar-refractivity contribution < 1.29 is 9.59 Å². The number of fused-ring (bicyclic) bond motifs is 1. The van der Waals surface area contributed by atoms with E-state index in [-0.39, 0.29) is 17.7 Å². The second kappa shape index (κ2) is 6.15. The molecule has 1 aromatic carbocycles. The van der Waals surface area contributed by atoms with Crippen LogP contribution in [0.25, 0.3) is 10.9 Å². The van der Waals surface area contributed by atoms with Crippen LogP contribution >= 0.6 is 0 Å². The number of aryl methyl sites for hydroxylation is 1. The van der Waals surface area contributed by atoms with Gasteiger partial charge in [-0.3, -0.25) is 19.6 Å². The van der Waals surface area contributed by atoms with Gasteiger partial charge in [0.25, 0.3) is 0 Å². The molecule has 2 fully saturated rings. The minimum absolute atomic E-state index is 0.202. The number of nitrogens with one attached hydrogen (secondary N) is 1. The van der Waals surface area contributed by atoms with Gasteiger partial charge in [0, 0.05) is 43.7 Å². The topological polar surface area (TPSA) is 93.2 Å². The van der Waals surface area contributed by atoms with Crippen LogP contribution in [0.5, 0.6) is 0 Å². The van der Waals surface area contributed by atoms with E-state index in [1.54, 1.807) is 0 Å². The van der Waals surface area contributed by atoms with E-state index in [4.69, 9.17) is 5.73 Å². The summed E-state index contributed by atoms with van der Waals surface area (Å²) in [5.41, 5.74) is 8.93. The zero-order chi connectivity index (χ0) is 17.6. The molecule has 3 N–H and O–H groups in total. The van der Waals surface area contributed by atoms with Crippen LogP contribution in [-0.4, -0.2) is 40.7 Å². The third-order valence-electron chi connectivity index (χ3n) is 5.34. The van der Waals surface area contributed by atoms with Crippen molar-refractivity contribution in [1.29, 1.82) is 0 Å². The van der Waals surface area contributed by atoms with Gasteiger partial charge in [-0.2, -0.15) is 5.10 Å². The van der Waals surface area contributed by atoms with Crippen molar-refractivity contribution in [3.8, 4) is 0 Å². The maximum Gasteiger partial charge on any atom is 0.235 e. The number of rotatable bonds is 2. The van der Waals surface area contributed by atoms with E-state index < -0.39 is 0 Å². The van der Waals surface area contributed by atoms with Gasteiger partial charge < -0.3 is 10.6 Å². The molecule has 0 spiro atoms. The summed E-state index contributed by atoms with van der Waals surface area (Å²) >= 11 is 0. The molecule has 4 rings (SSSR count). The summed E-state index contributed by atoms with van der Waals surface area (Å²) in [4.78, 5) is 25.9. The van der Waals surface area contributed by atoms with Crippen molar-refractivity contribution in [3.63, 3.8) is 0 Å². The lowest BCUT2D eigenvalue weighted by Crippen LogP contribution is -2.39. The molecule has 7 heteroatoms. The molecule has 7 nitrogen and oxygen atoms in total. The number of imide groups is 1. The number of benzene rings is 1. The first kappa shape index (κ1) is 16.1. The van der Waals surface area contributed by atoms with Crippen molar-refractivity contribution in [2.75, 3.05) is 18.0 Å². The van der Waals surface area contributed by atoms with Crippen LogP contribution in [0.3, 0.4) is 0 Å². The number of hydrogen-bond donors (Lipinski definition) is 2. The first-order chi connectivity index (χ1) is 12.0. The Balaban J connectivity index is 1.67. The maximum atomic E-state index is 12.2. The number of aromatic nitrogens is 2. The van der Waals surface area contributed by atoms with Gasteiger partial charge in [-0.15, -0.1) is 0 Å². The Labute approximate surface area is 146 Å². The van der Waals surface area contributed by atoms with Crippen molar-refractivity contribution >= 4 is 28.4 Å². The summed E-state index contributed by atoms with van der Waals surface area (Å²) in [7, 11) is 1.90. The summed E-state index contributed by atoms with van der Waals surface area (Å²) in [5, 5.41) is 8.00. The van der Waals surface area contributed by atoms with Gasteiger partial charge in [0.2, 0.25) is 11.8 Å². The molecule has 0 saturated carbocycles. The molecule has 1 atom stereocenters. The number of piperidine rings is 2. The Morgan fingerprint density at radius 2 is 1.96 bits per heavy atom. The van der Waals surface area contributed by atoms with Gasteiger partial charge in [0.15, 0.2) is 0 Å². The van der Waals surface area contributed by atoms with Crippen LogP contribution in [0.4, 0.5) is 5.69 Å². The maximum absolute atomic E-state index is 12.2. The minimum atomic E-state index is -0.361. The third-order valence-corrected chi connectivity index (χ3v) is 5.34. The number of nitrogens with two attached hydrogens (primary N) is 1. The summed E-state index contributed by atoms with van der Waals surface area (Å²) < 4.78 is 1.83. The lowest BCUT2D eigenvalue weighted by molar-refractivity contribution is -0.134. The summed E-state index contributed by atoms with van der Waals surface area (Å²) in [6.07, 6.45) is 2.89. The Hall–Kier alpha value is -2.41. The molecule has 25 heavy (non-hydrogen) atoms. The van der Waals surface area contributed by atoms with E-state index in [1.807, 2.05) is 17.8 Å². The highest BCUT2D eigenvalue weighted by atomic mass is 16.2. The molecule has 0 aliphatic carbocycles. The van der Waals surface area contributed by atoms with Gasteiger partial charge in [0.1, 0.15) is 0 Å². The largest absolute Gasteiger partial charge is 0.371 e. The van der Waals surface area contributed by atoms with Crippen molar-refractivity contribution in [1.82, 2.24) is 15.1 Å². The average Bonchev–Trinajstić information content (AvgIpc) is 2.92. The number of carbonyl (C=O) groups excluding carboxylic acids is 2. The minimum Gasteiger partial charge on any atom is -0.371 e. The molecule has 2 saturated heterocycles. The highest BCUT2D eigenvalue weighted by Gasteiger charge is 2.31. The molecule has 2 amide bonds. The van der Waals surface area contributed by atoms with Crippen LogP contribution in [0.15, 0.2) is 18.2 Å². The molecular formula is C18H23N5O2. The quantitative estimate of drug-likeness (QED) is 0.796. The smallest absolute Gasteiger partial charge is 0.235 e. The predicted molar refractivity (Wildman–Crippen MR) is 95.3 cm³/mol. The fourth-order valence-corrected chi connectivity index (χ4v) is 3.84. The first-order valence-corrected chi connectivity index (χ1v) is 8.84. The average molecular weight is 341 g/mol. The van der Waals surface area contributed by atoms with E-state index in [0.717, 1.165) is 48.2 Å². The lowest BCUT2D eigenvalue weighted by atomic mass is 9.92. The number of carbonyl (C=O) groups is 2. The number of anilines is 1. The molecule has 2 aliphatic heterocycles. The fraction of sp³-hybridized carbons (Fsp3) is 0.500. The van der Waals surface area contributed by atoms with Crippen molar-refractivity contribution in [2.24, 2.45) is 12.8 Å². The van der Waals surface area contributed by atoms with Crippen LogP contribution in [-0.2, 0) is 16.6 Å². The first-order valence-electron chi connectivity index (χ1n) is 8.84. The zero-order valence-electron chi connectivity index (χ0n) is 14.4. The van der Waals surface area contributed by atoms with Crippen LogP contribution in [0.1, 0.15) is 37.3 Å². The number of nitrogens with zero attached hydrogens (tertiary/aromatic N) is 3. The highest BCUT2D eigenvalue weighted by molar-refractivity contribution is 6.02. The Kier molecular flexibility index (Phi) is 3.95. The fourth-order valence-electron chi connectivity index (χ4n) is 3.84. The molecule has 1 aromatic heterocycles. The van der Waals surface area contributed by atoms with Gasteiger partial charge >= 0.3 is 0 Å². The summed E-state index contributed by atoms with van der Waals surface area (Å²) in [5.74, 6) is -0.808. The number of amides is 2. The molecule has 3 heterocycles. The molecular weight excluding hydrogens is 318 g/mol.